The Bertz CT molecular complexity index is 528. The van der Waals surface area contributed by atoms with Gasteiger partial charge < -0.3 is 15.4 Å². The lowest BCUT2D eigenvalue weighted by Gasteiger charge is -2.34. The third-order valence-electron chi connectivity index (χ3n) is 3.78. The predicted molar refractivity (Wildman–Crippen MR) is 90.8 cm³/mol. The fraction of sp³-hybridized carbons (Fsp3) is 0.500. The highest BCUT2D eigenvalue weighted by Gasteiger charge is 2.22. The van der Waals surface area contributed by atoms with Crippen molar-refractivity contribution in [3.05, 3.63) is 35.4 Å². The van der Waals surface area contributed by atoms with Crippen molar-refractivity contribution in [1.82, 2.24) is 9.80 Å². The first kappa shape index (κ1) is 16.7. The van der Waals surface area contributed by atoms with Gasteiger partial charge in [0.1, 0.15) is 0 Å². The summed E-state index contributed by atoms with van der Waals surface area (Å²) in [7, 11) is 0. The van der Waals surface area contributed by atoms with Crippen molar-refractivity contribution in [2.75, 3.05) is 32.8 Å². The maximum Gasteiger partial charge on any atom is 0.409 e. The average Bonchev–Trinajstić information content (AvgIpc) is 2.50. The fourth-order valence-corrected chi connectivity index (χ4v) is 2.77. The van der Waals surface area contributed by atoms with E-state index >= 15 is 0 Å². The molecule has 1 aliphatic rings. The highest BCUT2D eigenvalue weighted by Crippen LogP contribution is 2.14. The molecule has 1 aromatic rings. The molecule has 1 saturated heterocycles. The minimum Gasteiger partial charge on any atom is -0.450 e. The van der Waals surface area contributed by atoms with Crippen LogP contribution < -0.4 is 5.73 Å². The van der Waals surface area contributed by atoms with E-state index < -0.39 is 0 Å². The number of rotatable bonds is 5. The largest absolute Gasteiger partial charge is 0.450 e. The number of carbonyl (C=O) groups excluding carboxylic acids is 1. The van der Waals surface area contributed by atoms with Gasteiger partial charge in [-0.2, -0.15) is 0 Å². The van der Waals surface area contributed by atoms with Gasteiger partial charge >= 0.3 is 6.09 Å². The highest BCUT2D eigenvalue weighted by atomic mass is 32.1. The Morgan fingerprint density at radius 2 is 1.86 bits per heavy atom. The van der Waals surface area contributed by atoms with Crippen LogP contribution in [0.2, 0.25) is 0 Å². The van der Waals surface area contributed by atoms with Crippen LogP contribution in [0.1, 0.15) is 18.1 Å². The number of hydrogen-bond acceptors (Lipinski definition) is 4. The third kappa shape index (κ3) is 4.68. The Hall–Kier alpha value is -1.66. The van der Waals surface area contributed by atoms with Crippen LogP contribution in [0, 0.1) is 0 Å². The summed E-state index contributed by atoms with van der Waals surface area (Å²) in [6.45, 7) is 6.21. The molecule has 0 aromatic heterocycles. The normalized spacial score (nSPS) is 15.6. The molecule has 1 heterocycles. The van der Waals surface area contributed by atoms with Crippen molar-refractivity contribution in [1.29, 1.82) is 0 Å². The molecule has 120 valence electrons. The summed E-state index contributed by atoms with van der Waals surface area (Å²) in [5.74, 6) is 0. The number of nitrogens with zero attached hydrogens (tertiary/aromatic N) is 2. The summed E-state index contributed by atoms with van der Waals surface area (Å²) < 4.78 is 5.04. The van der Waals surface area contributed by atoms with E-state index in [1.165, 1.54) is 11.1 Å². The van der Waals surface area contributed by atoms with E-state index in [0.29, 0.717) is 31.1 Å². The van der Waals surface area contributed by atoms with Crippen LogP contribution in [0.5, 0.6) is 0 Å². The molecule has 5 nitrogen and oxygen atoms in total. The molecule has 0 unspecified atom stereocenters. The molecule has 0 saturated carbocycles. The molecule has 1 aromatic carbocycles. The Morgan fingerprint density at radius 1 is 1.23 bits per heavy atom. The lowest BCUT2D eigenvalue weighted by molar-refractivity contribution is 0.0778. The topological polar surface area (TPSA) is 58.8 Å². The monoisotopic (exact) mass is 321 g/mol. The molecular weight excluding hydrogens is 298 g/mol. The number of hydrogen-bond donors (Lipinski definition) is 1. The van der Waals surface area contributed by atoms with Crippen molar-refractivity contribution in [2.45, 2.75) is 19.9 Å². The van der Waals surface area contributed by atoms with Gasteiger partial charge in [0.25, 0.3) is 0 Å². The van der Waals surface area contributed by atoms with E-state index in [4.69, 9.17) is 22.7 Å². The quantitative estimate of drug-likeness (QED) is 0.838. The van der Waals surface area contributed by atoms with Gasteiger partial charge in [0.15, 0.2) is 0 Å². The van der Waals surface area contributed by atoms with E-state index in [0.717, 1.165) is 19.6 Å². The Balaban J connectivity index is 1.91. The smallest absolute Gasteiger partial charge is 0.409 e. The number of ether oxygens (including phenoxy) is 1. The van der Waals surface area contributed by atoms with E-state index in [1.807, 2.05) is 19.1 Å². The van der Waals surface area contributed by atoms with Crippen LogP contribution in [-0.4, -0.2) is 53.7 Å². The molecule has 22 heavy (non-hydrogen) atoms. The zero-order valence-electron chi connectivity index (χ0n) is 13.0. The van der Waals surface area contributed by atoms with Crippen LogP contribution in [-0.2, 0) is 17.7 Å². The standard InChI is InChI=1S/C16H23N3O2S/c1-2-21-16(20)19-9-7-18(8-10-19)12-14-6-4-3-5-13(14)11-15(17)22/h3-6H,2,7-12H2,1H3,(H2,17,22). The first-order chi connectivity index (χ1) is 10.6. The molecule has 6 heteroatoms. The fourth-order valence-electron chi connectivity index (χ4n) is 2.62. The summed E-state index contributed by atoms with van der Waals surface area (Å²) in [5.41, 5.74) is 8.10. The van der Waals surface area contributed by atoms with E-state index in [1.54, 1.807) is 4.90 Å². The Labute approximate surface area is 137 Å². The summed E-state index contributed by atoms with van der Waals surface area (Å²) in [5, 5.41) is 0. The van der Waals surface area contributed by atoms with Gasteiger partial charge in [-0.3, -0.25) is 4.90 Å². The van der Waals surface area contributed by atoms with Gasteiger partial charge in [0.05, 0.1) is 11.6 Å². The second-order valence-electron chi connectivity index (χ2n) is 5.37. The number of amides is 1. The van der Waals surface area contributed by atoms with Crippen LogP contribution in [0.15, 0.2) is 24.3 Å². The molecular formula is C16H23N3O2S. The maximum absolute atomic E-state index is 11.7. The van der Waals surface area contributed by atoms with E-state index in [9.17, 15) is 4.79 Å². The molecule has 1 amide bonds. The van der Waals surface area contributed by atoms with Crippen LogP contribution in [0.4, 0.5) is 4.79 Å². The average molecular weight is 321 g/mol. The van der Waals surface area contributed by atoms with E-state index in [2.05, 4.69) is 17.0 Å². The Morgan fingerprint density at radius 3 is 2.45 bits per heavy atom. The summed E-state index contributed by atoms with van der Waals surface area (Å²) in [6, 6.07) is 8.23. The van der Waals surface area contributed by atoms with Gasteiger partial charge in [-0.15, -0.1) is 0 Å². The molecule has 2 rings (SSSR count). The SMILES string of the molecule is CCOC(=O)N1CCN(Cc2ccccc2CC(N)=S)CC1. The van der Waals surface area contributed by atoms with Gasteiger partial charge in [-0.25, -0.2) is 4.79 Å². The predicted octanol–water partition coefficient (Wildman–Crippen LogP) is 1.79. The van der Waals surface area contributed by atoms with Crippen LogP contribution in [0.25, 0.3) is 0 Å². The summed E-state index contributed by atoms with van der Waals surface area (Å²) >= 11 is 5.02. The lowest BCUT2D eigenvalue weighted by atomic mass is 10.0. The van der Waals surface area contributed by atoms with Gasteiger partial charge in [0.2, 0.25) is 0 Å². The zero-order chi connectivity index (χ0) is 15.9. The van der Waals surface area contributed by atoms with Gasteiger partial charge in [-0.1, -0.05) is 36.5 Å². The second kappa shape index (κ2) is 8.10. The zero-order valence-corrected chi connectivity index (χ0v) is 13.8. The molecule has 0 radical (unpaired) electrons. The maximum atomic E-state index is 11.7. The van der Waals surface area contributed by atoms with Crippen molar-refractivity contribution in [2.24, 2.45) is 5.73 Å². The van der Waals surface area contributed by atoms with Crippen molar-refractivity contribution in [3.63, 3.8) is 0 Å². The highest BCUT2D eigenvalue weighted by molar-refractivity contribution is 7.80. The molecule has 0 bridgehead atoms. The summed E-state index contributed by atoms with van der Waals surface area (Å²) in [4.78, 5) is 16.3. The summed E-state index contributed by atoms with van der Waals surface area (Å²) in [6.07, 6.45) is 0.421. The van der Waals surface area contributed by atoms with E-state index in [-0.39, 0.29) is 6.09 Å². The molecule has 0 spiro atoms. The van der Waals surface area contributed by atoms with Gasteiger partial charge in [0, 0.05) is 39.1 Å². The van der Waals surface area contributed by atoms with Crippen molar-refractivity contribution in [3.8, 4) is 0 Å². The van der Waals surface area contributed by atoms with Crippen LogP contribution >= 0.6 is 12.2 Å². The molecule has 0 atom stereocenters. The first-order valence-corrected chi connectivity index (χ1v) is 8.00. The third-order valence-corrected chi connectivity index (χ3v) is 3.92. The Kier molecular flexibility index (Phi) is 6.15. The van der Waals surface area contributed by atoms with Crippen molar-refractivity contribution < 1.29 is 9.53 Å². The number of piperazine rings is 1. The van der Waals surface area contributed by atoms with Crippen LogP contribution in [0.3, 0.4) is 0 Å². The minimum atomic E-state index is -0.212. The first-order valence-electron chi connectivity index (χ1n) is 7.59. The van der Waals surface area contributed by atoms with Crippen molar-refractivity contribution >= 4 is 23.3 Å². The molecule has 1 aliphatic heterocycles. The molecule has 0 aliphatic carbocycles. The lowest BCUT2D eigenvalue weighted by Crippen LogP contribution is -2.48. The van der Waals surface area contributed by atoms with Gasteiger partial charge in [-0.05, 0) is 18.1 Å². The minimum absolute atomic E-state index is 0.212. The number of thiocarbonyl (C=S) groups is 1. The molecule has 1 fully saturated rings. The molecule has 2 N–H and O–H groups in total. The second-order valence-corrected chi connectivity index (χ2v) is 5.90. The number of benzene rings is 1. The number of nitrogens with two attached hydrogens (primary N) is 1. The number of carbonyl (C=O) groups is 1.